The number of H-pyrrole nitrogens is 1. The van der Waals surface area contributed by atoms with Crippen LogP contribution in [0.25, 0.3) is 27.6 Å². The number of para-hydroxylation sites is 1. The number of nitrogens with one attached hydrogen (secondary N) is 1. The summed E-state index contributed by atoms with van der Waals surface area (Å²) in [5.74, 6) is 0.442. The first-order valence-electron chi connectivity index (χ1n) is 7.61. The Balaban J connectivity index is 2.09. The number of benzene rings is 2. The Morgan fingerprint density at radius 3 is 2.67 bits per heavy atom. The molecule has 0 saturated heterocycles. The molecule has 6 heteroatoms. The van der Waals surface area contributed by atoms with Crippen LogP contribution in [0.4, 0.5) is 4.39 Å². The lowest BCUT2D eigenvalue weighted by Crippen LogP contribution is -2.21. The molecular formula is C18H14FN3OS. The first kappa shape index (κ1) is 15.0. The zero-order chi connectivity index (χ0) is 16.7. The molecule has 1 N–H and O–H groups in total. The van der Waals surface area contributed by atoms with E-state index in [4.69, 9.17) is 4.98 Å². The fraction of sp³-hybridized carbons (Fsp3) is 0.111. The van der Waals surface area contributed by atoms with Gasteiger partial charge in [0.2, 0.25) is 0 Å². The van der Waals surface area contributed by atoms with Gasteiger partial charge in [-0.1, -0.05) is 36.9 Å². The standard InChI is InChI=1S/C18H14FN3OS/c1-2-24-18-21-15-13-5-3-4-6-14(13)20-16(15)17(23)22(18)12-9-7-11(19)8-10-12/h3-10,20H,2H2,1H3. The molecule has 0 bridgehead atoms. The number of aromatic amines is 1. The van der Waals surface area contributed by atoms with Crippen molar-refractivity contribution in [2.24, 2.45) is 0 Å². The number of rotatable bonds is 3. The Bertz CT molecular complexity index is 1100. The molecule has 120 valence electrons. The van der Waals surface area contributed by atoms with E-state index in [1.54, 1.807) is 12.1 Å². The van der Waals surface area contributed by atoms with E-state index in [1.165, 1.54) is 28.5 Å². The zero-order valence-corrected chi connectivity index (χ0v) is 13.7. The van der Waals surface area contributed by atoms with E-state index in [-0.39, 0.29) is 11.4 Å². The highest BCUT2D eigenvalue weighted by Gasteiger charge is 2.16. The SMILES string of the molecule is CCSc1nc2c([nH]c3ccccc32)c(=O)n1-c1ccc(F)cc1. The van der Waals surface area contributed by atoms with Crippen LogP contribution in [0.3, 0.4) is 0 Å². The predicted molar refractivity (Wildman–Crippen MR) is 95.6 cm³/mol. The minimum Gasteiger partial charge on any atom is -0.349 e. The molecule has 4 aromatic rings. The summed E-state index contributed by atoms with van der Waals surface area (Å²) in [5.41, 5.74) is 2.43. The second-order valence-corrected chi connectivity index (χ2v) is 6.57. The molecule has 0 unspecified atom stereocenters. The average Bonchev–Trinajstić information content (AvgIpc) is 2.96. The lowest BCUT2D eigenvalue weighted by molar-refractivity contribution is 0.627. The van der Waals surface area contributed by atoms with Gasteiger partial charge in [-0.3, -0.25) is 9.36 Å². The van der Waals surface area contributed by atoms with Gasteiger partial charge in [0.05, 0.1) is 5.69 Å². The summed E-state index contributed by atoms with van der Waals surface area (Å²) in [5, 5.41) is 1.53. The maximum atomic E-state index is 13.2. The van der Waals surface area contributed by atoms with Crippen molar-refractivity contribution < 1.29 is 4.39 Å². The Labute approximate surface area is 141 Å². The van der Waals surface area contributed by atoms with Crippen molar-refractivity contribution in [1.29, 1.82) is 0 Å². The van der Waals surface area contributed by atoms with Crippen molar-refractivity contribution in [3.05, 3.63) is 64.7 Å². The number of thioether (sulfide) groups is 1. The van der Waals surface area contributed by atoms with E-state index in [0.29, 0.717) is 21.9 Å². The smallest absolute Gasteiger partial charge is 0.283 e. The summed E-state index contributed by atoms with van der Waals surface area (Å²) < 4.78 is 14.8. The van der Waals surface area contributed by atoms with E-state index >= 15 is 0 Å². The average molecular weight is 339 g/mol. The number of halogens is 1. The largest absolute Gasteiger partial charge is 0.349 e. The third kappa shape index (κ3) is 2.30. The van der Waals surface area contributed by atoms with Crippen molar-refractivity contribution in [2.45, 2.75) is 12.1 Å². The van der Waals surface area contributed by atoms with Crippen LogP contribution in [0.15, 0.2) is 58.5 Å². The predicted octanol–water partition coefficient (Wildman–Crippen LogP) is 4.12. The summed E-state index contributed by atoms with van der Waals surface area (Å²) in [6.07, 6.45) is 0. The minimum atomic E-state index is -0.337. The summed E-state index contributed by atoms with van der Waals surface area (Å²) in [7, 11) is 0. The van der Waals surface area contributed by atoms with E-state index in [9.17, 15) is 9.18 Å². The summed E-state index contributed by atoms with van der Waals surface area (Å²) in [4.78, 5) is 20.9. The number of aromatic nitrogens is 3. The minimum absolute atomic E-state index is 0.182. The lowest BCUT2D eigenvalue weighted by Gasteiger charge is -2.11. The van der Waals surface area contributed by atoms with Crippen LogP contribution in [0, 0.1) is 5.82 Å². The fourth-order valence-corrected chi connectivity index (χ4v) is 3.52. The maximum absolute atomic E-state index is 13.2. The Morgan fingerprint density at radius 1 is 1.17 bits per heavy atom. The topological polar surface area (TPSA) is 50.7 Å². The van der Waals surface area contributed by atoms with E-state index in [1.807, 2.05) is 31.2 Å². The maximum Gasteiger partial charge on any atom is 0.283 e. The zero-order valence-electron chi connectivity index (χ0n) is 12.9. The van der Waals surface area contributed by atoms with Crippen molar-refractivity contribution in [1.82, 2.24) is 14.5 Å². The second kappa shape index (κ2) is 5.79. The van der Waals surface area contributed by atoms with Gasteiger partial charge in [-0.15, -0.1) is 0 Å². The molecule has 2 heterocycles. The molecule has 2 aromatic heterocycles. The van der Waals surface area contributed by atoms with Gasteiger partial charge in [-0.25, -0.2) is 9.37 Å². The van der Waals surface area contributed by atoms with Gasteiger partial charge in [0.15, 0.2) is 5.16 Å². The van der Waals surface area contributed by atoms with E-state index in [0.717, 1.165) is 16.7 Å². The third-order valence-corrected chi connectivity index (χ3v) is 4.67. The quantitative estimate of drug-likeness (QED) is 0.451. The molecule has 24 heavy (non-hydrogen) atoms. The second-order valence-electron chi connectivity index (χ2n) is 5.34. The Kier molecular flexibility index (Phi) is 3.61. The number of nitrogens with zero attached hydrogens (tertiary/aromatic N) is 2. The molecular weight excluding hydrogens is 325 g/mol. The molecule has 2 aromatic carbocycles. The number of hydrogen-bond donors (Lipinski definition) is 1. The number of fused-ring (bicyclic) bond motifs is 3. The lowest BCUT2D eigenvalue weighted by atomic mass is 10.2. The molecule has 0 fully saturated rings. The van der Waals surface area contributed by atoms with Gasteiger partial charge in [0.1, 0.15) is 16.9 Å². The van der Waals surface area contributed by atoms with Crippen molar-refractivity contribution in [3.8, 4) is 5.69 Å². The molecule has 4 rings (SSSR count). The highest BCUT2D eigenvalue weighted by Crippen LogP contribution is 2.26. The fourth-order valence-electron chi connectivity index (χ4n) is 2.79. The third-order valence-electron chi connectivity index (χ3n) is 3.85. The molecule has 4 nitrogen and oxygen atoms in total. The van der Waals surface area contributed by atoms with Crippen LogP contribution in [0.5, 0.6) is 0 Å². The molecule has 0 amide bonds. The van der Waals surface area contributed by atoms with Crippen molar-refractivity contribution >= 4 is 33.7 Å². The van der Waals surface area contributed by atoms with Crippen LogP contribution < -0.4 is 5.56 Å². The molecule has 0 atom stereocenters. The molecule has 0 aliphatic heterocycles. The summed E-state index contributed by atoms with van der Waals surface area (Å²) in [6, 6.07) is 13.6. The van der Waals surface area contributed by atoms with E-state index in [2.05, 4.69) is 4.98 Å². The normalized spacial score (nSPS) is 11.4. The van der Waals surface area contributed by atoms with Gasteiger partial charge < -0.3 is 4.98 Å². The van der Waals surface area contributed by atoms with E-state index < -0.39 is 0 Å². The van der Waals surface area contributed by atoms with Gasteiger partial charge in [-0.2, -0.15) is 0 Å². The van der Waals surface area contributed by atoms with Gasteiger partial charge in [-0.05, 0) is 36.1 Å². The van der Waals surface area contributed by atoms with Crippen LogP contribution in [-0.4, -0.2) is 20.3 Å². The first-order chi connectivity index (χ1) is 11.7. The summed E-state index contributed by atoms with van der Waals surface area (Å²) >= 11 is 1.49. The van der Waals surface area contributed by atoms with Gasteiger partial charge in [0, 0.05) is 10.9 Å². The van der Waals surface area contributed by atoms with Gasteiger partial charge >= 0.3 is 0 Å². The van der Waals surface area contributed by atoms with Crippen molar-refractivity contribution in [2.75, 3.05) is 5.75 Å². The first-order valence-corrected chi connectivity index (χ1v) is 8.60. The molecule has 0 spiro atoms. The van der Waals surface area contributed by atoms with Gasteiger partial charge in [0.25, 0.3) is 5.56 Å². The number of hydrogen-bond acceptors (Lipinski definition) is 3. The molecule has 0 aliphatic carbocycles. The van der Waals surface area contributed by atoms with Crippen LogP contribution >= 0.6 is 11.8 Å². The van der Waals surface area contributed by atoms with Crippen LogP contribution in [0.2, 0.25) is 0 Å². The highest BCUT2D eigenvalue weighted by molar-refractivity contribution is 7.99. The van der Waals surface area contributed by atoms with Crippen LogP contribution in [-0.2, 0) is 0 Å². The van der Waals surface area contributed by atoms with Crippen LogP contribution in [0.1, 0.15) is 6.92 Å². The Hall–Kier alpha value is -2.60. The Morgan fingerprint density at radius 2 is 1.92 bits per heavy atom. The highest BCUT2D eigenvalue weighted by atomic mass is 32.2. The molecule has 0 saturated carbocycles. The monoisotopic (exact) mass is 339 g/mol. The summed E-state index contributed by atoms with van der Waals surface area (Å²) in [6.45, 7) is 2.01. The van der Waals surface area contributed by atoms with Crippen molar-refractivity contribution in [3.63, 3.8) is 0 Å². The molecule has 0 radical (unpaired) electrons. The molecule has 0 aliphatic rings.